The smallest absolute Gasteiger partial charge is 0.339 e. The number of benzene rings is 2. The molecule has 0 aliphatic heterocycles. The molecule has 2 aromatic rings. The van der Waals surface area contributed by atoms with Gasteiger partial charge >= 0.3 is 5.97 Å². The third-order valence-corrected chi connectivity index (χ3v) is 3.92. The van der Waals surface area contributed by atoms with Gasteiger partial charge in [-0.25, -0.2) is 9.18 Å². The summed E-state index contributed by atoms with van der Waals surface area (Å²) in [5, 5.41) is 9.47. The second kappa shape index (κ2) is 6.03. The molecule has 0 spiro atoms. The zero-order valence-electron chi connectivity index (χ0n) is 13.2. The first kappa shape index (κ1) is 15.5. The highest BCUT2D eigenvalue weighted by molar-refractivity contribution is 5.93. The van der Waals surface area contributed by atoms with Crippen molar-refractivity contribution >= 4 is 5.97 Å². The number of aromatic carboxylic acids is 1. The Morgan fingerprint density at radius 1 is 1.22 bits per heavy atom. The van der Waals surface area contributed by atoms with Crippen LogP contribution in [0.2, 0.25) is 0 Å². The average molecular weight is 314 g/mol. The zero-order chi connectivity index (χ0) is 16.6. The van der Waals surface area contributed by atoms with Gasteiger partial charge in [0.05, 0.1) is 6.10 Å². The van der Waals surface area contributed by atoms with E-state index in [9.17, 15) is 14.3 Å². The summed E-state index contributed by atoms with van der Waals surface area (Å²) < 4.78 is 18.9. The number of carboxylic acids is 1. The molecule has 23 heavy (non-hydrogen) atoms. The van der Waals surface area contributed by atoms with E-state index in [1.807, 2.05) is 13.8 Å². The van der Waals surface area contributed by atoms with Crippen molar-refractivity contribution in [2.45, 2.75) is 38.7 Å². The van der Waals surface area contributed by atoms with Gasteiger partial charge in [-0.05, 0) is 73.6 Å². The molecule has 0 radical (unpaired) electrons. The van der Waals surface area contributed by atoms with Crippen molar-refractivity contribution in [2.24, 2.45) is 0 Å². The molecular weight excluding hydrogens is 295 g/mol. The van der Waals surface area contributed by atoms with Crippen molar-refractivity contribution in [3.05, 3.63) is 53.3 Å². The molecule has 1 aliphatic rings. The molecular formula is C19H19FO3. The molecule has 0 aromatic heterocycles. The maximum atomic E-state index is 13.2. The lowest BCUT2D eigenvalue weighted by atomic mass is 9.94. The standard InChI is InChI=1S/C19H19FO3/c1-11(2)23-18-10-16(13-5-7-14(20)8-6-13)15(12-3-4-12)9-17(18)19(21)22/h5-12H,3-4H2,1-2H3,(H,21,22). The van der Waals surface area contributed by atoms with Gasteiger partial charge < -0.3 is 9.84 Å². The Bertz CT molecular complexity index is 731. The van der Waals surface area contributed by atoms with Gasteiger partial charge in [0.2, 0.25) is 0 Å². The highest BCUT2D eigenvalue weighted by atomic mass is 19.1. The SMILES string of the molecule is CC(C)Oc1cc(-c2ccc(F)cc2)c(C2CC2)cc1C(=O)O. The summed E-state index contributed by atoms with van der Waals surface area (Å²) in [6, 6.07) is 9.77. The lowest BCUT2D eigenvalue weighted by Gasteiger charge is -2.17. The lowest BCUT2D eigenvalue weighted by Crippen LogP contribution is -2.11. The average Bonchev–Trinajstić information content (AvgIpc) is 3.31. The maximum absolute atomic E-state index is 13.2. The Morgan fingerprint density at radius 3 is 2.39 bits per heavy atom. The molecule has 1 fully saturated rings. The minimum Gasteiger partial charge on any atom is -0.490 e. The van der Waals surface area contributed by atoms with E-state index in [0.717, 1.165) is 29.5 Å². The van der Waals surface area contributed by atoms with Gasteiger partial charge in [-0.3, -0.25) is 0 Å². The minimum absolute atomic E-state index is 0.124. The van der Waals surface area contributed by atoms with Gasteiger partial charge in [-0.15, -0.1) is 0 Å². The lowest BCUT2D eigenvalue weighted by molar-refractivity contribution is 0.0690. The summed E-state index contributed by atoms with van der Waals surface area (Å²) in [4.78, 5) is 11.6. The number of carbonyl (C=O) groups is 1. The van der Waals surface area contributed by atoms with E-state index in [1.54, 1.807) is 24.3 Å². The van der Waals surface area contributed by atoms with Crippen LogP contribution in [0.4, 0.5) is 4.39 Å². The third kappa shape index (κ3) is 3.36. The topological polar surface area (TPSA) is 46.5 Å². The van der Waals surface area contributed by atoms with Crippen molar-refractivity contribution in [1.29, 1.82) is 0 Å². The quantitative estimate of drug-likeness (QED) is 0.857. The maximum Gasteiger partial charge on any atom is 0.339 e. The summed E-state index contributed by atoms with van der Waals surface area (Å²) in [5.74, 6) is -0.548. The molecule has 120 valence electrons. The van der Waals surface area contributed by atoms with Gasteiger partial charge in [0.1, 0.15) is 17.1 Å². The first-order valence-corrected chi connectivity index (χ1v) is 7.79. The van der Waals surface area contributed by atoms with Crippen LogP contribution >= 0.6 is 0 Å². The zero-order valence-corrected chi connectivity index (χ0v) is 13.2. The number of hydrogen-bond donors (Lipinski definition) is 1. The van der Waals surface area contributed by atoms with E-state index in [4.69, 9.17) is 4.74 Å². The van der Waals surface area contributed by atoms with Crippen molar-refractivity contribution in [1.82, 2.24) is 0 Å². The van der Waals surface area contributed by atoms with Crippen LogP contribution in [0.15, 0.2) is 36.4 Å². The molecule has 3 nitrogen and oxygen atoms in total. The van der Waals surface area contributed by atoms with E-state index in [-0.39, 0.29) is 17.5 Å². The fourth-order valence-electron chi connectivity index (χ4n) is 2.73. The molecule has 0 unspecified atom stereocenters. The van der Waals surface area contributed by atoms with Crippen LogP contribution in [-0.2, 0) is 0 Å². The normalized spacial score (nSPS) is 14.1. The predicted molar refractivity (Wildman–Crippen MR) is 86.5 cm³/mol. The van der Waals surface area contributed by atoms with Crippen molar-refractivity contribution in [2.75, 3.05) is 0 Å². The Balaban J connectivity index is 2.16. The second-order valence-electron chi connectivity index (χ2n) is 6.19. The number of rotatable bonds is 5. The van der Waals surface area contributed by atoms with Gasteiger partial charge in [0.25, 0.3) is 0 Å². The molecule has 0 atom stereocenters. The van der Waals surface area contributed by atoms with Gasteiger partial charge in [0, 0.05) is 0 Å². The number of hydrogen-bond acceptors (Lipinski definition) is 2. The molecule has 2 aromatic carbocycles. The van der Waals surface area contributed by atoms with Gasteiger partial charge in [-0.2, -0.15) is 0 Å². The van der Waals surface area contributed by atoms with Crippen LogP contribution in [0.3, 0.4) is 0 Å². The minimum atomic E-state index is -0.992. The molecule has 0 bridgehead atoms. The van der Waals surface area contributed by atoms with Crippen molar-refractivity contribution in [3.8, 4) is 16.9 Å². The summed E-state index contributed by atoms with van der Waals surface area (Å²) in [6.45, 7) is 3.72. The first-order valence-electron chi connectivity index (χ1n) is 7.79. The molecule has 1 N–H and O–H groups in total. The molecule has 3 rings (SSSR count). The molecule has 4 heteroatoms. The number of carboxylic acid groups (broad SMARTS) is 1. The molecule has 1 saturated carbocycles. The van der Waals surface area contributed by atoms with Crippen LogP contribution in [0.25, 0.3) is 11.1 Å². The third-order valence-electron chi connectivity index (χ3n) is 3.92. The summed E-state index contributed by atoms with van der Waals surface area (Å²) >= 11 is 0. The summed E-state index contributed by atoms with van der Waals surface area (Å²) in [7, 11) is 0. The summed E-state index contributed by atoms with van der Waals surface area (Å²) in [6.07, 6.45) is 1.98. The molecule has 0 saturated heterocycles. The fraction of sp³-hybridized carbons (Fsp3) is 0.316. The van der Waals surface area contributed by atoms with E-state index >= 15 is 0 Å². The van der Waals surface area contributed by atoms with Gasteiger partial charge in [0.15, 0.2) is 0 Å². The second-order valence-corrected chi connectivity index (χ2v) is 6.19. The van der Waals surface area contributed by atoms with Crippen LogP contribution in [-0.4, -0.2) is 17.2 Å². The van der Waals surface area contributed by atoms with E-state index in [0.29, 0.717) is 11.7 Å². The highest BCUT2D eigenvalue weighted by Crippen LogP contribution is 2.46. The van der Waals surface area contributed by atoms with Crippen LogP contribution in [0.1, 0.15) is 48.5 Å². The molecule has 0 heterocycles. The van der Waals surface area contributed by atoms with E-state index in [1.165, 1.54) is 12.1 Å². The Kier molecular flexibility index (Phi) is 4.07. The fourth-order valence-corrected chi connectivity index (χ4v) is 2.73. The monoisotopic (exact) mass is 314 g/mol. The van der Waals surface area contributed by atoms with Crippen molar-refractivity contribution < 1.29 is 19.0 Å². The molecule has 1 aliphatic carbocycles. The Labute approximate surface area is 134 Å². The largest absolute Gasteiger partial charge is 0.490 e. The van der Waals surface area contributed by atoms with Gasteiger partial charge in [-0.1, -0.05) is 12.1 Å². The van der Waals surface area contributed by atoms with Crippen LogP contribution in [0.5, 0.6) is 5.75 Å². The molecule has 0 amide bonds. The van der Waals surface area contributed by atoms with Crippen LogP contribution < -0.4 is 4.74 Å². The predicted octanol–water partition coefficient (Wildman–Crippen LogP) is 4.86. The first-order chi connectivity index (χ1) is 11.0. The van der Waals surface area contributed by atoms with E-state index < -0.39 is 5.97 Å². The Hall–Kier alpha value is -2.36. The number of halogens is 1. The van der Waals surface area contributed by atoms with Crippen LogP contribution in [0, 0.1) is 5.82 Å². The summed E-state index contributed by atoms with van der Waals surface area (Å²) in [5.41, 5.74) is 2.99. The number of ether oxygens (including phenoxy) is 1. The highest BCUT2D eigenvalue weighted by Gasteiger charge is 2.29. The van der Waals surface area contributed by atoms with E-state index in [2.05, 4.69) is 0 Å². The van der Waals surface area contributed by atoms with Crippen molar-refractivity contribution in [3.63, 3.8) is 0 Å². The Morgan fingerprint density at radius 2 is 1.87 bits per heavy atom.